The maximum Gasteiger partial charge on any atom is 0.410 e. The molecule has 6 nitrogen and oxygen atoms in total. The quantitative estimate of drug-likeness (QED) is 0.841. The van der Waals surface area contributed by atoms with Crippen LogP contribution < -0.4 is 0 Å². The van der Waals surface area contributed by atoms with Crippen LogP contribution in [0.2, 0.25) is 0 Å². The Balaban J connectivity index is 1.32. The van der Waals surface area contributed by atoms with Crippen LogP contribution in [0.5, 0.6) is 0 Å². The number of hydrogen-bond acceptors (Lipinski definition) is 4. The van der Waals surface area contributed by atoms with Crippen molar-refractivity contribution >= 4 is 6.09 Å². The van der Waals surface area contributed by atoms with Gasteiger partial charge in [-0.05, 0) is 32.8 Å². The fraction of sp³-hybridized carbons (Fsp3) is 0.524. The van der Waals surface area contributed by atoms with E-state index in [2.05, 4.69) is 27.8 Å². The normalized spacial score (nSPS) is 27.6. The molecule has 3 atom stereocenters. The number of nitrogens with zero attached hydrogens (tertiary/aromatic N) is 3. The third-order valence-corrected chi connectivity index (χ3v) is 6.27. The Hall–Kier alpha value is -2.34. The van der Waals surface area contributed by atoms with Crippen molar-refractivity contribution < 1.29 is 14.6 Å². The monoisotopic (exact) mass is 367 g/mol. The van der Waals surface area contributed by atoms with E-state index in [1.165, 1.54) is 11.1 Å². The van der Waals surface area contributed by atoms with Gasteiger partial charge in [0, 0.05) is 30.0 Å². The second-order valence-electron chi connectivity index (χ2n) is 9.23. The number of hydrogen-bond donors (Lipinski definition) is 1. The molecule has 1 spiro atoms. The average molecular weight is 367 g/mol. The van der Waals surface area contributed by atoms with E-state index in [4.69, 9.17) is 4.74 Å². The minimum atomic E-state index is -0.494. The summed E-state index contributed by atoms with van der Waals surface area (Å²) in [6.07, 6.45) is 3.96. The fourth-order valence-electron chi connectivity index (χ4n) is 5.08. The number of carbonyl (C=O) groups excluding carboxylic acids is 1. The molecule has 0 bridgehead atoms. The lowest BCUT2D eigenvalue weighted by Gasteiger charge is -2.63. The molecule has 1 aromatic carbocycles. The lowest BCUT2D eigenvalue weighted by molar-refractivity contribution is -0.197. The Morgan fingerprint density at radius 1 is 1.30 bits per heavy atom. The van der Waals surface area contributed by atoms with Crippen molar-refractivity contribution in [1.29, 1.82) is 0 Å². The summed E-state index contributed by atoms with van der Waals surface area (Å²) in [6.45, 7) is 6.76. The molecule has 1 amide bonds. The minimum absolute atomic E-state index is 0.120. The molecular formula is C21H25N3O3. The summed E-state index contributed by atoms with van der Waals surface area (Å²) in [5.41, 5.74) is 2.91. The molecule has 2 aliphatic heterocycles. The second kappa shape index (κ2) is 5.35. The van der Waals surface area contributed by atoms with E-state index >= 15 is 0 Å². The predicted octanol–water partition coefficient (Wildman–Crippen LogP) is 3.07. The molecule has 1 aromatic heterocycles. The molecule has 1 N–H and O–H groups in total. The van der Waals surface area contributed by atoms with Gasteiger partial charge in [-0.2, -0.15) is 0 Å². The number of imidazole rings is 1. The molecule has 0 radical (unpaired) electrons. The Kier molecular flexibility index (Phi) is 3.33. The van der Waals surface area contributed by atoms with Crippen molar-refractivity contribution in [2.75, 3.05) is 13.1 Å². The van der Waals surface area contributed by atoms with Gasteiger partial charge in [0.1, 0.15) is 5.60 Å². The summed E-state index contributed by atoms with van der Waals surface area (Å²) < 4.78 is 7.63. The predicted molar refractivity (Wildman–Crippen MR) is 100 cm³/mol. The maximum atomic E-state index is 12.2. The first-order valence-corrected chi connectivity index (χ1v) is 9.56. The zero-order valence-electron chi connectivity index (χ0n) is 15.9. The molecule has 3 heterocycles. The van der Waals surface area contributed by atoms with E-state index in [0.29, 0.717) is 13.1 Å². The smallest absolute Gasteiger partial charge is 0.410 e. The molecule has 5 rings (SSSR count). The van der Waals surface area contributed by atoms with E-state index in [9.17, 15) is 9.90 Å². The van der Waals surface area contributed by atoms with Crippen molar-refractivity contribution in [2.45, 2.75) is 44.9 Å². The van der Waals surface area contributed by atoms with Crippen LogP contribution in [0.4, 0.5) is 4.79 Å². The van der Waals surface area contributed by atoms with Crippen LogP contribution in [0, 0.1) is 11.3 Å². The van der Waals surface area contributed by atoms with Crippen LogP contribution in [0.3, 0.4) is 0 Å². The lowest BCUT2D eigenvalue weighted by Crippen LogP contribution is -2.72. The van der Waals surface area contributed by atoms with Crippen molar-refractivity contribution in [2.24, 2.45) is 11.3 Å². The van der Waals surface area contributed by atoms with E-state index in [1.54, 1.807) is 4.90 Å². The SMILES string of the molecule is CC(C)(C)OC(=O)N1CC2(C[C@H]([C@@H]3c4ccccc4-c4cncn43)[C@H]2O)C1. The third-order valence-electron chi connectivity index (χ3n) is 6.27. The highest BCUT2D eigenvalue weighted by molar-refractivity contribution is 5.70. The second-order valence-corrected chi connectivity index (χ2v) is 9.23. The number of amides is 1. The number of aromatic nitrogens is 2. The number of aliphatic hydroxyl groups is 1. The summed E-state index contributed by atoms with van der Waals surface area (Å²) in [5.74, 6) is 0.141. The third kappa shape index (κ3) is 2.35. The molecule has 2 fully saturated rings. The van der Waals surface area contributed by atoms with Gasteiger partial charge in [-0.3, -0.25) is 0 Å². The Labute approximate surface area is 158 Å². The Morgan fingerprint density at radius 3 is 2.74 bits per heavy atom. The number of fused-ring (bicyclic) bond motifs is 3. The van der Waals surface area contributed by atoms with Gasteiger partial charge in [0.2, 0.25) is 0 Å². The van der Waals surface area contributed by atoms with E-state index in [-0.39, 0.29) is 23.5 Å². The van der Waals surface area contributed by atoms with E-state index < -0.39 is 11.7 Å². The topological polar surface area (TPSA) is 67.6 Å². The summed E-state index contributed by atoms with van der Waals surface area (Å²) in [6, 6.07) is 8.49. The average Bonchev–Trinajstić information content (AvgIpc) is 3.13. The molecule has 3 aliphatic rings. The van der Waals surface area contributed by atoms with Crippen LogP contribution in [0.25, 0.3) is 11.3 Å². The van der Waals surface area contributed by atoms with Gasteiger partial charge >= 0.3 is 6.09 Å². The first-order chi connectivity index (χ1) is 12.8. The van der Waals surface area contributed by atoms with Gasteiger partial charge in [-0.1, -0.05) is 24.3 Å². The molecule has 2 aromatic rings. The highest BCUT2D eigenvalue weighted by atomic mass is 16.6. The van der Waals surface area contributed by atoms with Crippen LogP contribution in [-0.2, 0) is 4.74 Å². The summed E-state index contributed by atoms with van der Waals surface area (Å²) in [7, 11) is 0. The Bertz CT molecular complexity index is 907. The highest BCUT2D eigenvalue weighted by Crippen LogP contribution is 2.59. The molecule has 0 unspecified atom stereocenters. The number of carbonyl (C=O) groups is 1. The number of rotatable bonds is 1. The number of likely N-dealkylation sites (tertiary alicyclic amines) is 1. The van der Waals surface area contributed by atoms with Gasteiger partial charge in [0.25, 0.3) is 0 Å². The molecule has 1 saturated carbocycles. The summed E-state index contributed by atoms with van der Waals surface area (Å²) in [5, 5.41) is 11.0. The number of ether oxygens (including phenoxy) is 1. The van der Waals surface area contributed by atoms with Gasteiger partial charge in [-0.15, -0.1) is 0 Å². The summed E-state index contributed by atoms with van der Waals surface area (Å²) >= 11 is 0. The number of benzene rings is 1. The number of aliphatic hydroxyl groups excluding tert-OH is 1. The molecule has 142 valence electrons. The van der Waals surface area contributed by atoms with Crippen LogP contribution in [0.15, 0.2) is 36.8 Å². The summed E-state index contributed by atoms with van der Waals surface area (Å²) in [4.78, 5) is 18.2. The van der Waals surface area contributed by atoms with Crippen LogP contribution >= 0.6 is 0 Å². The first-order valence-electron chi connectivity index (χ1n) is 9.56. The van der Waals surface area contributed by atoms with Gasteiger partial charge in [0.05, 0.1) is 30.4 Å². The first kappa shape index (κ1) is 16.8. The lowest BCUT2D eigenvalue weighted by atomic mass is 9.53. The highest BCUT2D eigenvalue weighted by Gasteiger charge is 2.63. The maximum absolute atomic E-state index is 12.2. The van der Waals surface area contributed by atoms with Crippen molar-refractivity contribution in [3.05, 3.63) is 42.4 Å². The molecule has 27 heavy (non-hydrogen) atoms. The fourth-order valence-corrected chi connectivity index (χ4v) is 5.08. The van der Waals surface area contributed by atoms with Gasteiger partial charge < -0.3 is 19.3 Å². The van der Waals surface area contributed by atoms with Gasteiger partial charge in [0.15, 0.2) is 0 Å². The Morgan fingerprint density at radius 2 is 2.04 bits per heavy atom. The van der Waals surface area contributed by atoms with Crippen LogP contribution in [0.1, 0.15) is 38.8 Å². The van der Waals surface area contributed by atoms with E-state index in [0.717, 1.165) is 12.1 Å². The van der Waals surface area contributed by atoms with Crippen molar-refractivity contribution in [3.8, 4) is 11.3 Å². The van der Waals surface area contributed by atoms with E-state index in [1.807, 2.05) is 39.4 Å². The molecule has 1 aliphatic carbocycles. The zero-order valence-corrected chi connectivity index (χ0v) is 15.9. The standard InChI is InChI=1S/C21H25N3O3/c1-20(2,3)27-19(26)23-10-21(11-23)8-15(18(21)25)17-14-7-5-4-6-13(14)16-9-22-12-24(16)17/h4-7,9,12,15,17-18,25H,8,10-11H2,1-3H3/t15-,17+,18-/m1/s1. The van der Waals surface area contributed by atoms with Gasteiger partial charge in [-0.25, -0.2) is 9.78 Å². The van der Waals surface area contributed by atoms with Crippen molar-refractivity contribution in [3.63, 3.8) is 0 Å². The largest absolute Gasteiger partial charge is 0.444 e. The molecule has 1 saturated heterocycles. The van der Waals surface area contributed by atoms with Crippen LogP contribution in [-0.4, -0.2) is 50.4 Å². The molecular weight excluding hydrogens is 342 g/mol. The van der Waals surface area contributed by atoms with Crippen molar-refractivity contribution in [1.82, 2.24) is 14.5 Å². The zero-order chi connectivity index (χ0) is 19.0. The minimum Gasteiger partial charge on any atom is -0.444 e. The molecule has 6 heteroatoms.